The summed E-state index contributed by atoms with van der Waals surface area (Å²) in [4.78, 5) is 0. The Hall–Kier alpha value is -2.39. The van der Waals surface area contributed by atoms with Gasteiger partial charge in [0, 0.05) is 5.56 Å². The zero-order valence-electron chi connectivity index (χ0n) is 10.3. The number of aliphatic hydroxyl groups excluding tert-OH is 1. The average Bonchev–Trinajstić information content (AvgIpc) is 2.93. The van der Waals surface area contributed by atoms with Crippen LogP contribution in [0.4, 0.5) is 0 Å². The van der Waals surface area contributed by atoms with Crippen molar-refractivity contribution in [3.63, 3.8) is 0 Å². The van der Waals surface area contributed by atoms with Gasteiger partial charge in [-0.15, -0.1) is 0 Å². The maximum atomic E-state index is 9.42. The monoisotopic (exact) mass is 251 g/mol. The van der Waals surface area contributed by atoms with Crippen molar-refractivity contribution >= 4 is 0 Å². The molecule has 0 aliphatic heterocycles. The lowest BCUT2D eigenvalue weighted by atomic mass is 10.00. The molecular weight excluding hydrogens is 238 g/mol. The molecule has 0 atom stereocenters. The van der Waals surface area contributed by atoms with Crippen LogP contribution in [0, 0.1) is 0 Å². The Morgan fingerprint density at radius 2 is 1.42 bits per heavy atom. The largest absolute Gasteiger partial charge is 0.390 e. The summed E-state index contributed by atoms with van der Waals surface area (Å²) in [5, 5.41) is 13.4. The lowest BCUT2D eigenvalue weighted by Crippen LogP contribution is -1.88. The van der Waals surface area contributed by atoms with Crippen molar-refractivity contribution < 1.29 is 9.63 Å². The smallest absolute Gasteiger partial charge is 0.175 e. The van der Waals surface area contributed by atoms with Crippen LogP contribution in [0.1, 0.15) is 5.69 Å². The van der Waals surface area contributed by atoms with Crippen LogP contribution < -0.4 is 0 Å². The second-order valence-electron chi connectivity index (χ2n) is 4.22. The van der Waals surface area contributed by atoms with Gasteiger partial charge in [0.05, 0.1) is 12.2 Å². The van der Waals surface area contributed by atoms with Crippen molar-refractivity contribution in [2.45, 2.75) is 6.61 Å². The number of aromatic nitrogens is 1. The van der Waals surface area contributed by atoms with Crippen molar-refractivity contribution in [3.8, 4) is 22.5 Å². The molecule has 0 unspecified atom stereocenters. The molecule has 0 fully saturated rings. The highest BCUT2D eigenvalue weighted by Gasteiger charge is 2.18. The fourth-order valence-corrected chi connectivity index (χ4v) is 2.12. The summed E-state index contributed by atoms with van der Waals surface area (Å²) in [6.07, 6.45) is 0. The third kappa shape index (κ3) is 2.16. The zero-order chi connectivity index (χ0) is 13.1. The van der Waals surface area contributed by atoms with Gasteiger partial charge >= 0.3 is 0 Å². The molecule has 0 bridgehead atoms. The van der Waals surface area contributed by atoms with Crippen LogP contribution in [0.5, 0.6) is 0 Å². The van der Waals surface area contributed by atoms with E-state index in [1.165, 1.54) is 0 Å². The predicted molar refractivity (Wildman–Crippen MR) is 73.3 cm³/mol. The zero-order valence-corrected chi connectivity index (χ0v) is 10.3. The molecule has 94 valence electrons. The molecule has 0 saturated carbocycles. The molecule has 19 heavy (non-hydrogen) atoms. The molecule has 3 nitrogen and oxygen atoms in total. The van der Waals surface area contributed by atoms with Gasteiger partial charge in [-0.05, 0) is 5.56 Å². The average molecular weight is 251 g/mol. The first-order valence-corrected chi connectivity index (χ1v) is 6.10. The first-order chi connectivity index (χ1) is 9.40. The SMILES string of the molecule is OCc1noc(-c2ccccc2)c1-c1ccccc1. The van der Waals surface area contributed by atoms with Crippen molar-refractivity contribution in [2.75, 3.05) is 0 Å². The Bertz CT molecular complexity index is 660. The van der Waals surface area contributed by atoms with Crippen LogP contribution >= 0.6 is 0 Å². The Morgan fingerprint density at radius 1 is 0.842 bits per heavy atom. The molecule has 3 heteroatoms. The van der Waals surface area contributed by atoms with Crippen LogP contribution in [-0.4, -0.2) is 10.3 Å². The fraction of sp³-hybridized carbons (Fsp3) is 0.0625. The number of rotatable bonds is 3. The van der Waals surface area contributed by atoms with Crippen molar-refractivity contribution in [1.29, 1.82) is 0 Å². The van der Waals surface area contributed by atoms with Crippen LogP contribution in [0.3, 0.4) is 0 Å². The summed E-state index contributed by atoms with van der Waals surface area (Å²) in [7, 11) is 0. The number of nitrogens with zero attached hydrogens (tertiary/aromatic N) is 1. The second-order valence-corrected chi connectivity index (χ2v) is 4.22. The van der Waals surface area contributed by atoms with Gasteiger partial charge in [0.2, 0.25) is 0 Å². The fourth-order valence-electron chi connectivity index (χ4n) is 2.12. The maximum Gasteiger partial charge on any atom is 0.175 e. The molecule has 2 aromatic carbocycles. The van der Waals surface area contributed by atoms with E-state index < -0.39 is 0 Å². The summed E-state index contributed by atoms with van der Waals surface area (Å²) in [6, 6.07) is 19.6. The first-order valence-electron chi connectivity index (χ1n) is 6.10. The molecule has 0 aliphatic carbocycles. The molecule has 1 N–H and O–H groups in total. The van der Waals surface area contributed by atoms with Crippen molar-refractivity contribution in [3.05, 3.63) is 66.4 Å². The van der Waals surface area contributed by atoms with Gasteiger partial charge in [-0.25, -0.2) is 0 Å². The maximum absolute atomic E-state index is 9.42. The number of hydrogen-bond donors (Lipinski definition) is 1. The molecule has 0 aliphatic rings. The minimum Gasteiger partial charge on any atom is -0.390 e. The lowest BCUT2D eigenvalue weighted by Gasteiger charge is -2.03. The van der Waals surface area contributed by atoms with Crippen LogP contribution in [0.15, 0.2) is 65.2 Å². The van der Waals surface area contributed by atoms with Crippen molar-refractivity contribution in [1.82, 2.24) is 5.16 Å². The van der Waals surface area contributed by atoms with E-state index in [0.717, 1.165) is 16.7 Å². The molecule has 3 rings (SSSR count). The Labute approximate surface area is 111 Å². The summed E-state index contributed by atoms with van der Waals surface area (Å²) in [6.45, 7) is -0.138. The van der Waals surface area contributed by atoms with E-state index in [9.17, 15) is 5.11 Å². The van der Waals surface area contributed by atoms with Gasteiger partial charge in [0.1, 0.15) is 5.69 Å². The molecule has 1 aromatic heterocycles. The normalized spacial score (nSPS) is 10.6. The van der Waals surface area contributed by atoms with Gasteiger partial charge in [-0.2, -0.15) is 0 Å². The highest BCUT2D eigenvalue weighted by atomic mass is 16.5. The third-order valence-corrected chi connectivity index (χ3v) is 3.01. The molecule has 0 radical (unpaired) electrons. The van der Waals surface area contributed by atoms with Gasteiger partial charge < -0.3 is 9.63 Å². The van der Waals surface area contributed by atoms with Gasteiger partial charge in [0.25, 0.3) is 0 Å². The van der Waals surface area contributed by atoms with E-state index in [0.29, 0.717) is 11.5 Å². The van der Waals surface area contributed by atoms with Crippen LogP contribution in [0.2, 0.25) is 0 Å². The number of benzene rings is 2. The van der Waals surface area contributed by atoms with E-state index >= 15 is 0 Å². The Kier molecular flexibility index (Phi) is 3.12. The van der Waals surface area contributed by atoms with Gasteiger partial charge in [-0.3, -0.25) is 0 Å². The van der Waals surface area contributed by atoms with E-state index in [1.54, 1.807) is 0 Å². The van der Waals surface area contributed by atoms with Crippen molar-refractivity contribution in [2.24, 2.45) is 0 Å². The summed E-state index contributed by atoms with van der Waals surface area (Å²) >= 11 is 0. The minimum absolute atomic E-state index is 0.138. The van der Waals surface area contributed by atoms with E-state index in [2.05, 4.69) is 5.16 Å². The van der Waals surface area contributed by atoms with E-state index in [1.807, 2.05) is 60.7 Å². The summed E-state index contributed by atoms with van der Waals surface area (Å²) in [5.74, 6) is 0.691. The Morgan fingerprint density at radius 3 is 2.00 bits per heavy atom. The minimum atomic E-state index is -0.138. The highest BCUT2D eigenvalue weighted by Crippen LogP contribution is 2.34. The van der Waals surface area contributed by atoms with E-state index in [4.69, 9.17) is 4.52 Å². The number of hydrogen-bond acceptors (Lipinski definition) is 3. The number of aliphatic hydroxyl groups is 1. The first kappa shape index (κ1) is 11.7. The molecule has 0 spiro atoms. The molecule has 3 aromatic rings. The van der Waals surface area contributed by atoms with Crippen LogP contribution in [-0.2, 0) is 6.61 Å². The molecule has 0 amide bonds. The quantitative estimate of drug-likeness (QED) is 0.775. The molecular formula is C16H13NO2. The molecule has 1 heterocycles. The highest BCUT2D eigenvalue weighted by molar-refractivity contribution is 5.81. The topological polar surface area (TPSA) is 46.3 Å². The lowest BCUT2D eigenvalue weighted by molar-refractivity contribution is 0.267. The molecule has 0 saturated heterocycles. The van der Waals surface area contributed by atoms with Crippen LogP contribution in [0.25, 0.3) is 22.5 Å². The second kappa shape index (κ2) is 5.08. The Balaban J connectivity index is 2.20. The summed E-state index contributed by atoms with van der Waals surface area (Å²) < 4.78 is 5.42. The van der Waals surface area contributed by atoms with Gasteiger partial charge in [-0.1, -0.05) is 65.8 Å². The standard InChI is InChI=1S/C16H13NO2/c18-11-14-15(12-7-3-1-4-8-12)16(19-17-14)13-9-5-2-6-10-13/h1-10,18H,11H2. The third-order valence-electron chi connectivity index (χ3n) is 3.01. The predicted octanol–water partition coefficient (Wildman–Crippen LogP) is 3.50. The van der Waals surface area contributed by atoms with E-state index in [-0.39, 0.29) is 6.61 Å². The van der Waals surface area contributed by atoms with Gasteiger partial charge in [0.15, 0.2) is 5.76 Å². The summed E-state index contributed by atoms with van der Waals surface area (Å²) in [5.41, 5.74) is 3.36.